The minimum absolute atomic E-state index is 0.0109. The molecule has 0 unspecified atom stereocenters. The average molecular weight is 422 g/mol. The zero-order valence-corrected chi connectivity index (χ0v) is 16.4. The highest BCUT2D eigenvalue weighted by Crippen LogP contribution is 2.24. The quantitative estimate of drug-likeness (QED) is 0.166. The number of nitriles is 1. The number of allylic oxidation sites excluding steroid dienone is 1. The molecular formula is C23H13Cl2NO3. The van der Waals surface area contributed by atoms with Crippen molar-refractivity contribution in [3.63, 3.8) is 0 Å². The lowest BCUT2D eigenvalue weighted by atomic mass is 10.0. The fourth-order valence-corrected chi connectivity index (χ4v) is 2.78. The lowest BCUT2D eigenvalue weighted by molar-refractivity contribution is 0.0734. The van der Waals surface area contributed by atoms with E-state index in [-0.39, 0.29) is 21.9 Å². The van der Waals surface area contributed by atoms with Crippen LogP contribution >= 0.6 is 23.2 Å². The summed E-state index contributed by atoms with van der Waals surface area (Å²) < 4.78 is 5.31. The maximum Gasteiger partial charge on any atom is 0.343 e. The number of carbonyl (C=O) groups is 2. The number of Topliss-reactive ketones (excluding diaryl/α,β-unsaturated/α-hetero) is 1. The molecule has 0 bridgehead atoms. The predicted molar refractivity (Wildman–Crippen MR) is 112 cm³/mol. The zero-order chi connectivity index (χ0) is 20.8. The predicted octanol–water partition coefficient (Wildman–Crippen LogP) is 6.00. The van der Waals surface area contributed by atoms with Gasteiger partial charge in [-0.25, -0.2) is 4.79 Å². The zero-order valence-electron chi connectivity index (χ0n) is 14.9. The normalized spacial score (nSPS) is 10.9. The molecule has 6 heteroatoms. The molecule has 0 N–H and O–H groups in total. The van der Waals surface area contributed by atoms with Gasteiger partial charge in [0.2, 0.25) is 5.78 Å². The highest BCUT2D eigenvalue weighted by atomic mass is 35.5. The minimum atomic E-state index is -0.580. The van der Waals surface area contributed by atoms with Crippen molar-refractivity contribution in [1.29, 1.82) is 5.26 Å². The molecule has 142 valence electrons. The smallest absolute Gasteiger partial charge is 0.343 e. The number of ketones is 1. The van der Waals surface area contributed by atoms with Gasteiger partial charge in [-0.3, -0.25) is 4.79 Å². The van der Waals surface area contributed by atoms with Gasteiger partial charge in [0.1, 0.15) is 17.4 Å². The van der Waals surface area contributed by atoms with E-state index in [1.807, 2.05) is 6.07 Å². The van der Waals surface area contributed by atoms with Crippen LogP contribution in [0.25, 0.3) is 6.08 Å². The van der Waals surface area contributed by atoms with Crippen LogP contribution in [-0.2, 0) is 0 Å². The van der Waals surface area contributed by atoms with E-state index in [1.165, 1.54) is 24.3 Å². The van der Waals surface area contributed by atoms with Crippen LogP contribution < -0.4 is 4.74 Å². The van der Waals surface area contributed by atoms with Gasteiger partial charge in [0.15, 0.2) is 0 Å². The summed E-state index contributed by atoms with van der Waals surface area (Å²) in [5.74, 6) is -0.627. The minimum Gasteiger partial charge on any atom is -0.423 e. The SMILES string of the molecule is N#C/C(=C\c1ccc(OC(=O)c2ccc(Cl)c(Cl)c2)cc1)C(=O)c1ccccc1. The van der Waals surface area contributed by atoms with Crippen molar-refractivity contribution in [1.82, 2.24) is 0 Å². The molecule has 0 spiro atoms. The second kappa shape index (κ2) is 9.20. The van der Waals surface area contributed by atoms with Gasteiger partial charge in [-0.2, -0.15) is 5.26 Å². The second-order valence-electron chi connectivity index (χ2n) is 5.95. The molecular weight excluding hydrogens is 409 g/mol. The monoisotopic (exact) mass is 421 g/mol. The number of nitrogens with zero attached hydrogens (tertiary/aromatic N) is 1. The van der Waals surface area contributed by atoms with Crippen LogP contribution in [0.2, 0.25) is 10.0 Å². The van der Waals surface area contributed by atoms with E-state index in [2.05, 4.69) is 0 Å². The third-order valence-electron chi connectivity index (χ3n) is 3.96. The molecule has 0 fully saturated rings. The number of halogens is 2. The van der Waals surface area contributed by atoms with Gasteiger partial charge in [0, 0.05) is 5.56 Å². The van der Waals surface area contributed by atoms with E-state index in [0.29, 0.717) is 21.9 Å². The molecule has 0 saturated carbocycles. The molecule has 0 aliphatic heterocycles. The molecule has 0 atom stereocenters. The summed E-state index contributed by atoms with van der Waals surface area (Å²) in [6.45, 7) is 0. The first-order chi connectivity index (χ1) is 14.0. The molecule has 0 aromatic heterocycles. The fourth-order valence-electron chi connectivity index (χ4n) is 2.48. The molecule has 0 aliphatic rings. The van der Waals surface area contributed by atoms with Gasteiger partial charge in [0.25, 0.3) is 0 Å². The highest BCUT2D eigenvalue weighted by Gasteiger charge is 2.13. The van der Waals surface area contributed by atoms with E-state index >= 15 is 0 Å². The van der Waals surface area contributed by atoms with Crippen LogP contribution in [-0.4, -0.2) is 11.8 Å². The summed E-state index contributed by atoms with van der Waals surface area (Å²) >= 11 is 11.8. The molecule has 0 amide bonds. The third-order valence-corrected chi connectivity index (χ3v) is 4.70. The van der Waals surface area contributed by atoms with Gasteiger partial charge < -0.3 is 4.74 Å². The molecule has 3 aromatic rings. The Labute approximate surface area is 177 Å². The first kappa shape index (κ1) is 20.3. The molecule has 3 aromatic carbocycles. The number of hydrogen-bond donors (Lipinski definition) is 0. The number of hydrogen-bond acceptors (Lipinski definition) is 4. The van der Waals surface area contributed by atoms with Crippen molar-refractivity contribution in [2.75, 3.05) is 0 Å². The average Bonchev–Trinajstić information content (AvgIpc) is 2.75. The number of benzene rings is 3. The van der Waals surface area contributed by atoms with Crippen LogP contribution in [0.15, 0.2) is 78.4 Å². The summed E-state index contributed by atoms with van der Waals surface area (Å²) in [7, 11) is 0. The Morgan fingerprint density at radius 3 is 2.17 bits per heavy atom. The Morgan fingerprint density at radius 1 is 0.862 bits per heavy atom. The van der Waals surface area contributed by atoms with Crippen LogP contribution in [0.5, 0.6) is 5.75 Å². The molecule has 0 aliphatic carbocycles. The Bertz CT molecular complexity index is 1130. The largest absolute Gasteiger partial charge is 0.423 e. The van der Waals surface area contributed by atoms with Crippen molar-refractivity contribution in [2.45, 2.75) is 0 Å². The third kappa shape index (κ3) is 5.11. The number of rotatable bonds is 5. The summed E-state index contributed by atoms with van der Waals surface area (Å²) in [4.78, 5) is 24.6. The van der Waals surface area contributed by atoms with Gasteiger partial charge in [-0.05, 0) is 42.0 Å². The van der Waals surface area contributed by atoms with Gasteiger partial charge >= 0.3 is 5.97 Å². The van der Waals surface area contributed by atoms with Crippen molar-refractivity contribution in [3.8, 4) is 11.8 Å². The molecule has 29 heavy (non-hydrogen) atoms. The summed E-state index contributed by atoms with van der Waals surface area (Å²) in [5.41, 5.74) is 1.34. The van der Waals surface area contributed by atoms with Crippen molar-refractivity contribution in [3.05, 3.63) is 105 Å². The van der Waals surface area contributed by atoms with Crippen molar-refractivity contribution >= 4 is 41.0 Å². The molecule has 0 radical (unpaired) electrons. The molecule has 3 rings (SSSR count). The first-order valence-corrected chi connectivity index (χ1v) is 9.22. The Morgan fingerprint density at radius 2 is 1.55 bits per heavy atom. The molecule has 0 heterocycles. The van der Waals surface area contributed by atoms with Crippen LogP contribution in [0, 0.1) is 11.3 Å². The Hall–Kier alpha value is -3.39. The van der Waals surface area contributed by atoms with Crippen molar-refractivity contribution in [2.24, 2.45) is 0 Å². The topological polar surface area (TPSA) is 67.2 Å². The molecule has 4 nitrogen and oxygen atoms in total. The van der Waals surface area contributed by atoms with E-state index in [1.54, 1.807) is 54.6 Å². The lowest BCUT2D eigenvalue weighted by Gasteiger charge is -2.06. The van der Waals surface area contributed by atoms with Crippen molar-refractivity contribution < 1.29 is 14.3 Å². The standard InChI is InChI=1S/C23H13Cl2NO3/c24-20-11-8-17(13-21(20)25)23(28)29-19-9-6-15(7-10-19)12-18(14-26)22(27)16-4-2-1-3-5-16/h1-13H/b18-12+. The Kier molecular flexibility index (Phi) is 6.46. The maximum absolute atomic E-state index is 12.4. The second-order valence-corrected chi connectivity index (χ2v) is 6.77. The summed E-state index contributed by atoms with van der Waals surface area (Å²) in [6, 6.07) is 21.4. The maximum atomic E-state index is 12.4. The fraction of sp³-hybridized carbons (Fsp3) is 0. The van der Waals surface area contributed by atoms with Crippen LogP contribution in [0.4, 0.5) is 0 Å². The number of ether oxygens (including phenoxy) is 1. The number of esters is 1. The summed E-state index contributed by atoms with van der Waals surface area (Å²) in [6.07, 6.45) is 1.49. The van der Waals surface area contributed by atoms with E-state index in [4.69, 9.17) is 27.9 Å². The van der Waals surface area contributed by atoms with Crippen LogP contribution in [0.3, 0.4) is 0 Å². The van der Waals surface area contributed by atoms with E-state index in [9.17, 15) is 14.9 Å². The Balaban J connectivity index is 1.74. The first-order valence-electron chi connectivity index (χ1n) is 8.47. The highest BCUT2D eigenvalue weighted by molar-refractivity contribution is 6.42. The van der Waals surface area contributed by atoms with Gasteiger partial charge in [-0.15, -0.1) is 0 Å². The summed E-state index contributed by atoms with van der Waals surface area (Å²) in [5, 5.41) is 9.94. The molecule has 0 saturated heterocycles. The number of carbonyl (C=O) groups excluding carboxylic acids is 2. The lowest BCUT2D eigenvalue weighted by Crippen LogP contribution is -2.08. The van der Waals surface area contributed by atoms with Gasteiger partial charge in [0.05, 0.1) is 15.6 Å². The van der Waals surface area contributed by atoms with Crippen LogP contribution in [0.1, 0.15) is 26.3 Å². The van der Waals surface area contributed by atoms with Gasteiger partial charge in [-0.1, -0.05) is 65.7 Å². The van der Waals surface area contributed by atoms with E-state index < -0.39 is 5.97 Å². The van der Waals surface area contributed by atoms with E-state index in [0.717, 1.165) is 0 Å².